The molecule has 0 unspecified atom stereocenters. The number of hydrogen-bond donors (Lipinski definition) is 3. The van der Waals surface area contributed by atoms with Gasteiger partial charge in [-0.05, 0) is 7.05 Å². The van der Waals surface area contributed by atoms with Crippen LogP contribution in [-0.4, -0.2) is 44.0 Å². The highest BCUT2D eigenvalue weighted by atomic mass is 16.7. The lowest BCUT2D eigenvalue weighted by molar-refractivity contribution is -0.151. The maximum absolute atomic E-state index is 10.9. The Kier molecular flexibility index (Phi) is 6.63. The number of nitrogens with two attached hydrogens (primary N) is 1. The van der Waals surface area contributed by atoms with Gasteiger partial charge < -0.3 is 10.2 Å². The van der Waals surface area contributed by atoms with Gasteiger partial charge in [0.15, 0.2) is 0 Å². The lowest BCUT2D eigenvalue weighted by atomic mass is 10.4. The highest BCUT2D eigenvalue weighted by Crippen LogP contribution is 1.88. The highest BCUT2D eigenvalue weighted by Gasteiger charge is 2.07. The minimum atomic E-state index is -0.462. The summed E-state index contributed by atoms with van der Waals surface area (Å²) in [5, 5.41) is 2.48. The average Bonchev–Trinajstić information content (AvgIpc) is 2.15. The fourth-order valence-electron chi connectivity index (χ4n) is 0.802. The van der Waals surface area contributed by atoms with E-state index in [4.69, 9.17) is 5.84 Å². The van der Waals surface area contributed by atoms with Crippen LogP contribution in [-0.2, 0) is 14.4 Å². The molecule has 0 aliphatic carbocycles. The van der Waals surface area contributed by atoms with E-state index < -0.39 is 5.97 Å². The predicted octanol–water partition coefficient (Wildman–Crippen LogP) is -2.02. The van der Waals surface area contributed by atoms with Gasteiger partial charge >= 0.3 is 5.97 Å². The van der Waals surface area contributed by atoms with E-state index in [1.54, 1.807) is 24.6 Å². The molecule has 0 aliphatic rings. The first-order valence-electron chi connectivity index (χ1n) is 4.14. The van der Waals surface area contributed by atoms with Gasteiger partial charge in [0.1, 0.15) is 0 Å². The Balaban J connectivity index is 3.57. The fourth-order valence-corrected chi connectivity index (χ4v) is 0.802. The molecule has 7 heteroatoms. The molecule has 0 heterocycles. The quantitative estimate of drug-likeness (QED) is 0.341. The van der Waals surface area contributed by atoms with E-state index in [1.807, 2.05) is 0 Å². The molecule has 0 fully saturated rings. The van der Waals surface area contributed by atoms with E-state index in [9.17, 15) is 9.59 Å². The summed E-state index contributed by atoms with van der Waals surface area (Å²) >= 11 is 0. The number of carbonyl (C=O) groups is 2. The van der Waals surface area contributed by atoms with Crippen LogP contribution in [0.5, 0.6) is 0 Å². The summed E-state index contributed by atoms with van der Waals surface area (Å²) in [4.78, 5) is 27.7. The summed E-state index contributed by atoms with van der Waals surface area (Å²) in [6.07, 6.45) is 0.178. The lowest BCUT2D eigenvalue weighted by Gasteiger charge is -2.14. The second kappa shape index (κ2) is 7.25. The van der Waals surface area contributed by atoms with E-state index >= 15 is 0 Å². The molecule has 1 amide bonds. The average molecular weight is 204 g/mol. The summed E-state index contributed by atoms with van der Waals surface area (Å²) in [7, 11) is 3.29. The van der Waals surface area contributed by atoms with Gasteiger partial charge in [0.2, 0.25) is 5.91 Å². The third kappa shape index (κ3) is 6.35. The van der Waals surface area contributed by atoms with Crippen LogP contribution in [0.15, 0.2) is 0 Å². The molecule has 0 aromatic heterocycles. The second-order valence-electron chi connectivity index (χ2n) is 2.75. The standard InChI is InChI=1S/C7H16N4O3/c1-9-6(12)5-11(2)4-3-7(13)14-10-8/h10H,3-5,8H2,1-2H3,(H,9,12). The summed E-state index contributed by atoms with van der Waals surface area (Å²) in [6, 6.07) is 0. The molecule has 0 aliphatic heterocycles. The third-order valence-corrected chi connectivity index (χ3v) is 1.56. The van der Waals surface area contributed by atoms with Gasteiger partial charge in [-0.1, -0.05) is 5.59 Å². The van der Waals surface area contributed by atoms with Gasteiger partial charge in [0.05, 0.1) is 13.0 Å². The van der Waals surface area contributed by atoms with Crippen LogP contribution in [0.25, 0.3) is 0 Å². The van der Waals surface area contributed by atoms with Crippen molar-refractivity contribution in [3.63, 3.8) is 0 Å². The molecular formula is C7H16N4O3. The molecule has 0 rings (SSSR count). The molecule has 82 valence electrons. The molecule has 0 aromatic rings. The van der Waals surface area contributed by atoms with E-state index in [1.165, 1.54) is 0 Å². The number of nitrogens with one attached hydrogen (secondary N) is 2. The van der Waals surface area contributed by atoms with E-state index in [-0.39, 0.29) is 18.9 Å². The first-order chi connectivity index (χ1) is 6.60. The molecule has 0 atom stereocenters. The van der Waals surface area contributed by atoms with Gasteiger partial charge in [0, 0.05) is 13.6 Å². The van der Waals surface area contributed by atoms with Gasteiger partial charge in [-0.15, -0.1) is 0 Å². The predicted molar refractivity (Wildman–Crippen MR) is 49.6 cm³/mol. The number of nitrogens with zero attached hydrogens (tertiary/aromatic N) is 1. The smallest absolute Gasteiger partial charge is 0.327 e. The molecule has 0 aromatic carbocycles. The van der Waals surface area contributed by atoms with Crippen molar-refractivity contribution in [3.05, 3.63) is 0 Å². The van der Waals surface area contributed by atoms with Gasteiger partial charge in [-0.2, -0.15) is 0 Å². The zero-order valence-electron chi connectivity index (χ0n) is 8.37. The van der Waals surface area contributed by atoms with Gasteiger partial charge in [0.25, 0.3) is 0 Å². The summed E-state index contributed by atoms with van der Waals surface area (Å²) < 4.78 is 0. The number of carbonyl (C=O) groups excluding carboxylic acids is 2. The lowest BCUT2D eigenvalue weighted by Crippen LogP contribution is -2.35. The maximum atomic E-state index is 10.9. The largest absolute Gasteiger partial charge is 0.358 e. The van der Waals surface area contributed by atoms with Crippen molar-refractivity contribution in [1.29, 1.82) is 0 Å². The van der Waals surface area contributed by atoms with Crippen molar-refractivity contribution in [2.45, 2.75) is 6.42 Å². The Morgan fingerprint density at radius 3 is 2.64 bits per heavy atom. The zero-order chi connectivity index (χ0) is 11.0. The Bertz CT molecular complexity index is 197. The monoisotopic (exact) mass is 204 g/mol. The van der Waals surface area contributed by atoms with Crippen LogP contribution < -0.4 is 16.7 Å². The van der Waals surface area contributed by atoms with Crippen LogP contribution in [0.3, 0.4) is 0 Å². The number of amides is 1. The maximum Gasteiger partial charge on any atom is 0.327 e. The van der Waals surface area contributed by atoms with Gasteiger partial charge in [-0.3, -0.25) is 14.5 Å². The van der Waals surface area contributed by atoms with Crippen LogP contribution >= 0.6 is 0 Å². The first kappa shape index (κ1) is 12.8. The zero-order valence-corrected chi connectivity index (χ0v) is 8.37. The number of rotatable bonds is 6. The van der Waals surface area contributed by atoms with E-state index in [0.29, 0.717) is 6.54 Å². The Morgan fingerprint density at radius 2 is 2.14 bits per heavy atom. The molecule has 0 radical (unpaired) electrons. The molecule has 14 heavy (non-hydrogen) atoms. The van der Waals surface area contributed by atoms with Crippen molar-refractivity contribution in [1.82, 2.24) is 15.8 Å². The van der Waals surface area contributed by atoms with Crippen molar-refractivity contribution < 1.29 is 14.4 Å². The molecule has 4 N–H and O–H groups in total. The van der Waals surface area contributed by atoms with E-state index in [0.717, 1.165) is 0 Å². The molecular weight excluding hydrogens is 188 g/mol. The molecule has 0 saturated carbocycles. The minimum Gasteiger partial charge on any atom is -0.358 e. The summed E-state index contributed by atoms with van der Waals surface area (Å²) in [5.41, 5.74) is 1.80. The molecule has 0 bridgehead atoms. The van der Waals surface area contributed by atoms with Crippen LogP contribution in [0.1, 0.15) is 6.42 Å². The fraction of sp³-hybridized carbons (Fsp3) is 0.714. The number of likely N-dealkylation sites (N-methyl/N-ethyl adjacent to an activating group) is 2. The van der Waals surface area contributed by atoms with E-state index in [2.05, 4.69) is 10.2 Å². The summed E-state index contributed by atoms with van der Waals surface area (Å²) in [5.74, 6) is 4.21. The van der Waals surface area contributed by atoms with Gasteiger partial charge in [-0.25, -0.2) is 5.84 Å². The SMILES string of the molecule is CNC(=O)CN(C)CCC(=O)ONN. The van der Waals surface area contributed by atoms with Crippen LogP contribution in [0, 0.1) is 0 Å². The van der Waals surface area contributed by atoms with Crippen molar-refractivity contribution in [2.75, 3.05) is 27.2 Å². The third-order valence-electron chi connectivity index (χ3n) is 1.56. The molecule has 0 spiro atoms. The van der Waals surface area contributed by atoms with Crippen molar-refractivity contribution >= 4 is 11.9 Å². The Hall–Kier alpha value is -1.18. The Morgan fingerprint density at radius 1 is 1.50 bits per heavy atom. The topological polar surface area (TPSA) is 96.7 Å². The summed E-state index contributed by atoms with van der Waals surface area (Å²) in [6.45, 7) is 0.688. The number of hydrazine groups is 1. The van der Waals surface area contributed by atoms with Crippen LogP contribution in [0.4, 0.5) is 0 Å². The van der Waals surface area contributed by atoms with Crippen molar-refractivity contribution in [2.24, 2.45) is 5.84 Å². The normalized spacial score (nSPS) is 10.0. The van der Waals surface area contributed by atoms with Crippen molar-refractivity contribution in [3.8, 4) is 0 Å². The second-order valence-corrected chi connectivity index (χ2v) is 2.75. The molecule has 0 saturated heterocycles. The Labute approximate surface area is 82.5 Å². The van der Waals surface area contributed by atoms with Crippen LogP contribution in [0.2, 0.25) is 0 Å². The molecule has 7 nitrogen and oxygen atoms in total. The first-order valence-corrected chi connectivity index (χ1v) is 4.14. The minimum absolute atomic E-state index is 0.0992. The highest BCUT2D eigenvalue weighted by molar-refractivity contribution is 5.77. The number of hydrogen-bond acceptors (Lipinski definition) is 6.